The van der Waals surface area contributed by atoms with E-state index in [2.05, 4.69) is 62.3 Å². The van der Waals surface area contributed by atoms with Crippen molar-refractivity contribution in [2.45, 2.75) is 88.0 Å². The minimum atomic E-state index is 0.469. The zero-order valence-electron chi connectivity index (χ0n) is 17.8. The molecule has 0 N–H and O–H groups in total. The smallest absolute Gasteiger partial charge is 0.0786 e. The summed E-state index contributed by atoms with van der Waals surface area (Å²) >= 11 is 0. The SMILES string of the molecule is CC[N+](CC)(CC)CCCC1CC(C(C)(C)C)CC1C(C)(C)C. The van der Waals surface area contributed by atoms with E-state index in [-0.39, 0.29) is 0 Å². The van der Waals surface area contributed by atoms with E-state index in [0.29, 0.717) is 10.8 Å². The Morgan fingerprint density at radius 3 is 1.70 bits per heavy atom. The van der Waals surface area contributed by atoms with Crippen molar-refractivity contribution in [2.24, 2.45) is 28.6 Å². The zero-order chi connectivity index (χ0) is 17.9. The Bertz CT molecular complexity index is 332. The molecule has 3 atom stereocenters. The summed E-state index contributed by atoms with van der Waals surface area (Å²) in [5, 5.41) is 0. The van der Waals surface area contributed by atoms with Crippen LogP contribution < -0.4 is 0 Å². The van der Waals surface area contributed by atoms with Crippen molar-refractivity contribution < 1.29 is 4.48 Å². The summed E-state index contributed by atoms with van der Waals surface area (Å²) in [7, 11) is 0. The Hall–Kier alpha value is -0.0400. The Morgan fingerprint density at radius 2 is 1.30 bits per heavy atom. The number of nitrogens with zero attached hydrogens (tertiary/aromatic N) is 1. The highest BCUT2D eigenvalue weighted by Gasteiger charge is 2.44. The van der Waals surface area contributed by atoms with Crippen LogP contribution in [-0.2, 0) is 0 Å². The summed E-state index contributed by atoms with van der Waals surface area (Å²) in [6.07, 6.45) is 5.79. The molecule has 0 bridgehead atoms. The molecule has 0 saturated heterocycles. The second-order valence-electron chi connectivity index (χ2n) is 10.4. The molecule has 0 radical (unpaired) electrons. The van der Waals surface area contributed by atoms with Gasteiger partial charge in [-0.3, -0.25) is 0 Å². The van der Waals surface area contributed by atoms with Crippen molar-refractivity contribution >= 4 is 0 Å². The van der Waals surface area contributed by atoms with Crippen LogP contribution in [0.15, 0.2) is 0 Å². The lowest BCUT2D eigenvalue weighted by Crippen LogP contribution is -2.48. The quantitative estimate of drug-likeness (QED) is 0.477. The molecule has 0 amide bonds. The number of hydrogen-bond acceptors (Lipinski definition) is 0. The van der Waals surface area contributed by atoms with Gasteiger partial charge in [0.25, 0.3) is 0 Å². The first kappa shape index (κ1) is 21.0. The van der Waals surface area contributed by atoms with Gasteiger partial charge in [-0.15, -0.1) is 0 Å². The normalized spacial score (nSPS) is 26.7. The molecule has 23 heavy (non-hydrogen) atoms. The molecule has 0 aromatic heterocycles. The summed E-state index contributed by atoms with van der Waals surface area (Å²) in [6, 6.07) is 0. The third-order valence-electron chi connectivity index (χ3n) is 7.25. The highest BCUT2D eigenvalue weighted by Crippen LogP contribution is 2.52. The minimum absolute atomic E-state index is 0.469. The van der Waals surface area contributed by atoms with Gasteiger partial charge in [0.1, 0.15) is 0 Å². The molecule has 1 fully saturated rings. The largest absolute Gasteiger partial charge is 0.324 e. The summed E-state index contributed by atoms with van der Waals surface area (Å²) < 4.78 is 1.32. The first-order valence-electron chi connectivity index (χ1n) is 10.3. The standard InChI is InChI=1S/C22H46N/c1-10-23(11-2,12-3)15-13-14-18-16-19(21(4,5)6)17-20(18)22(7,8)9/h18-20H,10-17H2,1-9H3/q+1. The van der Waals surface area contributed by atoms with Crippen molar-refractivity contribution in [2.75, 3.05) is 26.2 Å². The summed E-state index contributed by atoms with van der Waals surface area (Å²) in [5.74, 6) is 2.78. The fourth-order valence-electron chi connectivity index (χ4n) is 5.05. The van der Waals surface area contributed by atoms with E-state index in [9.17, 15) is 0 Å². The van der Waals surface area contributed by atoms with Crippen LogP contribution in [0.2, 0.25) is 0 Å². The maximum absolute atomic E-state index is 2.47. The molecular weight excluding hydrogens is 278 g/mol. The van der Waals surface area contributed by atoms with Crippen LogP contribution in [-0.4, -0.2) is 30.7 Å². The van der Waals surface area contributed by atoms with Gasteiger partial charge in [0.05, 0.1) is 26.2 Å². The van der Waals surface area contributed by atoms with E-state index in [0.717, 1.165) is 17.8 Å². The molecule has 1 aliphatic carbocycles. The second-order valence-corrected chi connectivity index (χ2v) is 10.4. The lowest BCUT2D eigenvalue weighted by atomic mass is 9.73. The van der Waals surface area contributed by atoms with Crippen LogP contribution in [0, 0.1) is 28.6 Å². The van der Waals surface area contributed by atoms with Gasteiger partial charge in [0.15, 0.2) is 0 Å². The average Bonchev–Trinajstić information content (AvgIpc) is 2.88. The predicted octanol–water partition coefficient (Wildman–Crippen LogP) is 6.38. The van der Waals surface area contributed by atoms with Gasteiger partial charge in [-0.05, 0) is 75.0 Å². The number of hydrogen-bond donors (Lipinski definition) is 0. The van der Waals surface area contributed by atoms with Gasteiger partial charge in [0, 0.05) is 0 Å². The fourth-order valence-corrected chi connectivity index (χ4v) is 5.05. The topological polar surface area (TPSA) is 0 Å². The molecular formula is C22H46N+. The molecule has 0 aromatic rings. The van der Waals surface area contributed by atoms with Crippen molar-refractivity contribution in [3.63, 3.8) is 0 Å². The molecule has 3 unspecified atom stereocenters. The second kappa shape index (κ2) is 7.89. The Labute approximate surface area is 147 Å². The average molecular weight is 325 g/mol. The van der Waals surface area contributed by atoms with Gasteiger partial charge in [-0.25, -0.2) is 0 Å². The highest BCUT2D eigenvalue weighted by molar-refractivity contribution is 4.93. The van der Waals surface area contributed by atoms with Gasteiger partial charge < -0.3 is 4.48 Å². The maximum Gasteiger partial charge on any atom is 0.0786 e. The Morgan fingerprint density at radius 1 is 0.783 bits per heavy atom. The van der Waals surface area contributed by atoms with Crippen LogP contribution in [0.3, 0.4) is 0 Å². The van der Waals surface area contributed by atoms with Crippen LogP contribution in [0.4, 0.5) is 0 Å². The van der Waals surface area contributed by atoms with Crippen molar-refractivity contribution in [3.05, 3.63) is 0 Å². The number of quaternary nitrogens is 1. The molecule has 0 heterocycles. The molecule has 1 nitrogen and oxygen atoms in total. The maximum atomic E-state index is 2.47. The van der Waals surface area contributed by atoms with E-state index in [4.69, 9.17) is 0 Å². The van der Waals surface area contributed by atoms with Gasteiger partial charge in [0.2, 0.25) is 0 Å². The fraction of sp³-hybridized carbons (Fsp3) is 1.00. The zero-order valence-corrected chi connectivity index (χ0v) is 17.8. The van der Waals surface area contributed by atoms with Crippen molar-refractivity contribution in [1.82, 2.24) is 0 Å². The van der Waals surface area contributed by atoms with Gasteiger partial charge >= 0.3 is 0 Å². The van der Waals surface area contributed by atoms with Crippen molar-refractivity contribution in [3.8, 4) is 0 Å². The monoisotopic (exact) mass is 324 g/mol. The first-order valence-corrected chi connectivity index (χ1v) is 10.3. The molecule has 0 spiro atoms. The minimum Gasteiger partial charge on any atom is -0.324 e. The molecule has 0 aliphatic heterocycles. The third-order valence-corrected chi connectivity index (χ3v) is 7.25. The van der Waals surface area contributed by atoms with Crippen molar-refractivity contribution in [1.29, 1.82) is 0 Å². The van der Waals surface area contributed by atoms with E-state index >= 15 is 0 Å². The van der Waals surface area contributed by atoms with Crippen LogP contribution in [0.5, 0.6) is 0 Å². The Kier molecular flexibility index (Phi) is 7.21. The summed E-state index contributed by atoms with van der Waals surface area (Å²) in [6.45, 7) is 27.2. The predicted molar refractivity (Wildman–Crippen MR) is 105 cm³/mol. The van der Waals surface area contributed by atoms with E-state index in [1.807, 2.05) is 0 Å². The summed E-state index contributed by atoms with van der Waals surface area (Å²) in [5.41, 5.74) is 0.950. The van der Waals surface area contributed by atoms with Crippen LogP contribution >= 0.6 is 0 Å². The first-order chi connectivity index (χ1) is 10.5. The number of rotatable bonds is 7. The molecule has 0 aromatic carbocycles. The van der Waals surface area contributed by atoms with Gasteiger partial charge in [-0.1, -0.05) is 41.5 Å². The van der Waals surface area contributed by atoms with Gasteiger partial charge in [-0.2, -0.15) is 0 Å². The lowest BCUT2D eigenvalue weighted by Gasteiger charge is -2.37. The molecule has 1 saturated carbocycles. The molecule has 138 valence electrons. The van der Waals surface area contributed by atoms with E-state index in [1.165, 1.54) is 56.3 Å². The molecule has 1 heteroatoms. The Balaban J connectivity index is 2.69. The van der Waals surface area contributed by atoms with E-state index < -0.39 is 0 Å². The van der Waals surface area contributed by atoms with Crippen LogP contribution in [0.25, 0.3) is 0 Å². The molecule has 1 rings (SSSR count). The summed E-state index contributed by atoms with van der Waals surface area (Å²) in [4.78, 5) is 0. The molecule has 1 aliphatic rings. The van der Waals surface area contributed by atoms with Crippen LogP contribution in [0.1, 0.15) is 88.0 Å². The van der Waals surface area contributed by atoms with E-state index in [1.54, 1.807) is 0 Å². The lowest BCUT2D eigenvalue weighted by molar-refractivity contribution is -0.923. The third kappa shape index (κ3) is 5.48. The highest BCUT2D eigenvalue weighted by atomic mass is 15.3.